The molecule has 2 heterocycles. The summed E-state index contributed by atoms with van der Waals surface area (Å²) in [7, 11) is 0. The van der Waals surface area contributed by atoms with Crippen molar-refractivity contribution in [2.75, 3.05) is 0 Å². The number of piperidine rings is 1. The quantitative estimate of drug-likeness (QED) is 0.847. The van der Waals surface area contributed by atoms with Crippen molar-refractivity contribution in [1.82, 2.24) is 10.2 Å². The van der Waals surface area contributed by atoms with E-state index in [0.717, 1.165) is 10.5 Å². The summed E-state index contributed by atoms with van der Waals surface area (Å²) in [5.41, 5.74) is 0.358. The smallest absolute Gasteiger partial charge is 0.262 e. The fourth-order valence-electron chi connectivity index (χ4n) is 4.04. The lowest BCUT2D eigenvalue weighted by Crippen LogP contribution is -2.62. The van der Waals surface area contributed by atoms with Gasteiger partial charge in [0.15, 0.2) is 0 Å². The molecule has 0 saturated carbocycles. The predicted octanol–water partition coefficient (Wildman–Crippen LogP) is 2.05. The number of benzene rings is 2. The van der Waals surface area contributed by atoms with Gasteiger partial charge >= 0.3 is 0 Å². The van der Waals surface area contributed by atoms with Gasteiger partial charge in [0.05, 0.1) is 16.5 Å². The van der Waals surface area contributed by atoms with Gasteiger partial charge in [-0.3, -0.25) is 29.4 Å². The predicted molar refractivity (Wildman–Crippen MR) is 96.9 cm³/mol. The minimum atomic E-state index is -1.03. The molecule has 2 unspecified atom stereocenters. The average molecular weight is 362 g/mol. The van der Waals surface area contributed by atoms with Crippen molar-refractivity contribution in [2.24, 2.45) is 0 Å². The summed E-state index contributed by atoms with van der Waals surface area (Å²) in [6.45, 7) is 1.86. The summed E-state index contributed by atoms with van der Waals surface area (Å²) in [4.78, 5) is 52.0. The van der Waals surface area contributed by atoms with E-state index in [-0.39, 0.29) is 17.5 Å². The Hall–Kier alpha value is -3.28. The number of rotatable bonds is 3. The zero-order valence-corrected chi connectivity index (χ0v) is 14.8. The van der Waals surface area contributed by atoms with Crippen molar-refractivity contribution in [3.63, 3.8) is 0 Å². The van der Waals surface area contributed by atoms with Crippen LogP contribution in [0.4, 0.5) is 0 Å². The molecular weight excluding hydrogens is 344 g/mol. The Labute approximate surface area is 156 Å². The molecule has 0 aromatic heterocycles. The lowest BCUT2D eigenvalue weighted by atomic mass is 9.70. The first-order valence-corrected chi connectivity index (χ1v) is 8.87. The van der Waals surface area contributed by atoms with E-state index in [1.165, 1.54) is 0 Å². The van der Waals surface area contributed by atoms with Gasteiger partial charge in [-0.2, -0.15) is 0 Å². The van der Waals surface area contributed by atoms with Gasteiger partial charge in [-0.15, -0.1) is 0 Å². The zero-order valence-electron chi connectivity index (χ0n) is 14.8. The maximum Gasteiger partial charge on any atom is 0.262 e. The molecule has 4 rings (SSSR count). The standard InChI is InChI=1S/C21H18N2O4/c1-2-21(13-8-4-3-5-9-13)12-16(17(24)22-20(21)27)23-18(25)14-10-6-7-11-15(14)19(23)26/h3-11,16H,2,12H2,1H3,(H,22,24,27). The Kier molecular flexibility index (Phi) is 3.91. The number of nitrogens with zero attached hydrogens (tertiary/aromatic N) is 1. The normalized spacial score (nSPS) is 24.8. The Morgan fingerprint density at radius 3 is 2.04 bits per heavy atom. The number of hydrogen-bond acceptors (Lipinski definition) is 4. The maximum atomic E-state index is 12.8. The molecule has 0 radical (unpaired) electrons. The Balaban J connectivity index is 1.76. The fourth-order valence-corrected chi connectivity index (χ4v) is 4.04. The van der Waals surface area contributed by atoms with E-state index in [9.17, 15) is 19.2 Å². The molecule has 0 spiro atoms. The third-order valence-electron chi connectivity index (χ3n) is 5.58. The molecule has 2 aliphatic heterocycles. The highest BCUT2D eigenvalue weighted by molar-refractivity contribution is 6.23. The number of amides is 4. The van der Waals surface area contributed by atoms with Crippen LogP contribution in [0.15, 0.2) is 54.6 Å². The zero-order chi connectivity index (χ0) is 19.2. The summed E-state index contributed by atoms with van der Waals surface area (Å²) in [5, 5.41) is 2.39. The van der Waals surface area contributed by atoms with E-state index < -0.39 is 35.1 Å². The second-order valence-corrected chi connectivity index (χ2v) is 6.87. The molecule has 1 N–H and O–H groups in total. The molecule has 6 nitrogen and oxygen atoms in total. The van der Waals surface area contributed by atoms with Gasteiger partial charge in [0.25, 0.3) is 11.8 Å². The topological polar surface area (TPSA) is 83.6 Å². The van der Waals surface area contributed by atoms with Gasteiger partial charge in [-0.05, 0) is 30.5 Å². The first-order valence-electron chi connectivity index (χ1n) is 8.87. The summed E-state index contributed by atoms with van der Waals surface area (Å²) in [6.07, 6.45) is 0.513. The van der Waals surface area contributed by atoms with E-state index in [1.807, 2.05) is 37.3 Å². The first-order chi connectivity index (χ1) is 13.0. The summed E-state index contributed by atoms with van der Waals surface area (Å²) in [5.74, 6) is -2.00. The molecule has 2 aromatic carbocycles. The Morgan fingerprint density at radius 1 is 0.926 bits per heavy atom. The van der Waals surface area contributed by atoms with Crippen molar-refractivity contribution in [1.29, 1.82) is 0 Å². The van der Waals surface area contributed by atoms with Crippen LogP contribution in [0.5, 0.6) is 0 Å². The van der Waals surface area contributed by atoms with Crippen LogP contribution in [0, 0.1) is 0 Å². The largest absolute Gasteiger partial charge is 0.294 e. The Bertz CT molecular complexity index is 934. The van der Waals surface area contributed by atoms with E-state index in [1.54, 1.807) is 24.3 Å². The van der Waals surface area contributed by atoms with Crippen LogP contribution < -0.4 is 5.32 Å². The van der Waals surface area contributed by atoms with Crippen molar-refractivity contribution in [3.8, 4) is 0 Å². The molecule has 136 valence electrons. The SMILES string of the molecule is CCC1(c2ccccc2)CC(N2C(=O)c3ccccc3C2=O)C(=O)NC1=O. The number of carbonyl (C=O) groups is 4. The number of fused-ring (bicyclic) bond motifs is 1. The van der Waals surface area contributed by atoms with Crippen LogP contribution in [0.2, 0.25) is 0 Å². The molecule has 6 heteroatoms. The van der Waals surface area contributed by atoms with Crippen molar-refractivity contribution in [3.05, 3.63) is 71.3 Å². The van der Waals surface area contributed by atoms with E-state index in [4.69, 9.17) is 0 Å². The molecule has 2 aromatic rings. The highest BCUT2D eigenvalue weighted by Crippen LogP contribution is 2.39. The van der Waals surface area contributed by atoms with Crippen molar-refractivity contribution in [2.45, 2.75) is 31.2 Å². The van der Waals surface area contributed by atoms with Crippen LogP contribution in [-0.4, -0.2) is 34.6 Å². The molecule has 1 saturated heterocycles. The second-order valence-electron chi connectivity index (χ2n) is 6.87. The van der Waals surface area contributed by atoms with Gasteiger partial charge in [0.2, 0.25) is 11.8 Å². The molecule has 0 bridgehead atoms. The highest BCUT2D eigenvalue weighted by atomic mass is 16.2. The first kappa shape index (κ1) is 17.1. The number of imide groups is 2. The third-order valence-corrected chi connectivity index (χ3v) is 5.58. The highest BCUT2D eigenvalue weighted by Gasteiger charge is 2.52. The van der Waals surface area contributed by atoms with Crippen molar-refractivity contribution < 1.29 is 19.2 Å². The van der Waals surface area contributed by atoms with Gasteiger partial charge < -0.3 is 0 Å². The molecular formula is C21H18N2O4. The number of nitrogens with one attached hydrogen (secondary N) is 1. The molecule has 1 fully saturated rings. The molecule has 2 aliphatic rings. The second kappa shape index (κ2) is 6.16. The van der Waals surface area contributed by atoms with Crippen LogP contribution in [-0.2, 0) is 15.0 Å². The average Bonchev–Trinajstić information content (AvgIpc) is 2.94. The van der Waals surface area contributed by atoms with Gasteiger partial charge in [-0.1, -0.05) is 49.4 Å². The fraction of sp³-hybridized carbons (Fsp3) is 0.238. The monoisotopic (exact) mass is 362 g/mol. The third kappa shape index (κ3) is 2.40. The summed E-state index contributed by atoms with van der Waals surface area (Å²) >= 11 is 0. The number of carbonyl (C=O) groups excluding carboxylic acids is 4. The molecule has 4 amide bonds. The lowest BCUT2D eigenvalue weighted by molar-refractivity contribution is -0.141. The lowest BCUT2D eigenvalue weighted by Gasteiger charge is -2.41. The van der Waals surface area contributed by atoms with E-state index in [0.29, 0.717) is 6.42 Å². The van der Waals surface area contributed by atoms with Crippen LogP contribution in [0.1, 0.15) is 46.0 Å². The van der Waals surface area contributed by atoms with Crippen LogP contribution >= 0.6 is 0 Å². The van der Waals surface area contributed by atoms with Crippen LogP contribution in [0.3, 0.4) is 0 Å². The van der Waals surface area contributed by atoms with Gasteiger partial charge in [0.1, 0.15) is 6.04 Å². The minimum absolute atomic E-state index is 0.0731. The minimum Gasteiger partial charge on any atom is -0.294 e. The maximum absolute atomic E-state index is 12.8. The van der Waals surface area contributed by atoms with Crippen molar-refractivity contribution >= 4 is 23.6 Å². The van der Waals surface area contributed by atoms with E-state index in [2.05, 4.69) is 5.32 Å². The van der Waals surface area contributed by atoms with E-state index >= 15 is 0 Å². The van der Waals surface area contributed by atoms with Gasteiger partial charge in [0, 0.05) is 0 Å². The summed E-state index contributed by atoms with van der Waals surface area (Å²) in [6, 6.07) is 14.6. The Morgan fingerprint density at radius 2 is 1.48 bits per heavy atom. The molecule has 27 heavy (non-hydrogen) atoms. The van der Waals surface area contributed by atoms with Crippen LogP contribution in [0.25, 0.3) is 0 Å². The molecule has 0 aliphatic carbocycles. The summed E-state index contributed by atoms with van der Waals surface area (Å²) < 4.78 is 0. The van der Waals surface area contributed by atoms with Gasteiger partial charge in [-0.25, -0.2) is 0 Å². The molecule has 2 atom stereocenters. The number of hydrogen-bond donors (Lipinski definition) is 1.